The van der Waals surface area contributed by atoms with Crippen molar-refractivity contribution in [3.63, 3.8) is 0 Å². The average Bonchev–Trinajstić information content (AvgIpc) is 3.43. The second-order valence-electron chi connectivity index (χ2n) is 8.11. The number of halogens is 1. The molecule has 3 heterocycles. The van der Waals surface area contributed by atoms with E-state index in [0.717, 1.165) is 67.2 Å². The number of benzene rings is 1. The molecule has 0 radical (unpaired) electrons. The Labute approximate surface area is 174 Å². The molecule has 1 aliphatic heterocycles. The van der Waals surface area contributed by atoms with E-state index in [2.05, 4.69) is 21.3 Å². The summed E-state index contributed by atoms with van der Waals surface area (Å²) >= 11 is 6.02. The lowest BCUT2D eigenvalue weighted by molar-refractivity contribution is -0.125. The van der Waals surface area contributed by atoms with Gasteiger partial charge in [0.1, 0.15) is 5.82 Å². The van der Waals surface area contributed by atoms with E-state index in [1.54, 1.807) is 0 Å². The Morgan fingerprint density at radius 3 is 2.52 bits per heavy atom. The molecular formula is C22H24ClN5O. The number of aromatic nitrogens is 3. The summed E-state index contributed by atoms with van der Waals surface area (Å²) in [6.07, 6.45) is 4.00. The van der Waals surface area contributed by atoms with E-state index in [0.29, 0.717) is 11.1 Å². The molecule has 5 rings (SSSR count). The van der Waals surface area contributed by atoms with Gasteiger partial charge in [-0.15, -0.1) is 0 Å². The molecule has 29 heavy (non-hydrogen) atoms. The number of aryl methyl sites for hydroxylation is 1. The number of amides is 1. The van der Waals surface area contributed by atoms with Gasteiger partial charge < -0.3 is 10.2 Å². The standard InChI is InChI=1S/C22H24ClN5O/c1-14-12-21(27-10-8-16(9-11-27)22(29)25-18-6-7-18)28-20(24-14)13-19(26-28)15-2-4-17(23)5-3-15/h2-5,12-13,16,18H,6-11H2,1H3,(H,25,29). The minimum Gasteiger partial charge on any atom is -0.356 e. The highest BCUT2D eigenvalue weighted by Gasteiger charge is 2.30. The van der Waals surface area contributed by atoms with E-state index in [1.165, 1.54) is 0 Å². The predicted octanol–water partition coefficient (Wildman–Crippen LogP) is 3.85. The third kappa shape index (κ3) is 3.81. The minimum absolute atomic E-state index is 0.118. The first-order chi connectivity index (χ1) is 14.1. The molecule has 0 spiro atoms. The number of rotatable bonds is 4. The molecule has 1 aromatic carbocycles. The summed E-state index contributed by atoms with van der Waals surface area (Å²) in [5, 5.41) is 8.68. The van der Waals surface area contributed by atoms with Crippen LogP contribution in [0.25, 0.3) is 16.9 Å². The molecule has 0 unspecified atom stereocenters. The highest BCUT2D eigenvalue weighted by molar-refractivity contribution is 6.30. The zero-order valence-corrected chi connectivity index (χ0v) is 17.2. The van der Waals surface area contributed by atoms with E-state index in [1.807, 2.05) is 41.8 Å². The van der Waals surface area contributed by atoms with Crippen LogP contribution in [0.3, 0.4) is 0 Å². The predicted molar refractivity (Wildman–Crippen MR) is 114 cm³/mol. The van der Waals surface area contributed by atoms with Crippen molar-refractivity contribution in [1.29, 1.82) is 0 Å². The zero-order chi connectivity index (χ0) is 20.0. The van der Waals surface area contributed by atoms with Gasteiger partial charge in [0.15, 0.2) is 5.65 Å². The first-order valence-electron chi connectivity index (χ1n) is 10.3. The van der Waals surface area contributed by atoms with Crippen LogP contribution in [0.1, 0.15) is 31.4 Å². The van der Waals surface area contributed by atoms with E-state index in [9.17, 15) is 4.79 Å². The van der Waals surface area contributed by atoms with Gasteiger partial charge in [0.25, 0.3) is 0 Å². The summed E-state index contributed by atoms with van der Waals surface area (Å²) < 4.78 is 1.92. The minimum atomic E-state index is 0.118. The zero-order valence-electron chi connectivity index (χ0n) is 16.4. The second kappa shape index (κ2) is 7.34. The molecule has 1 saturated heterocycles. The number of carbonyl (C=O) groups is 1. The molecule has 1 aliphatic carbocycles. The fourth-order valence-corrected chi connectivity index (χ4v) is 4.11. The molecule has 2 aromatic heterocycles. The highest BCUT2D eigenvalue weighted by Crippen LogP contribution is 2.28. The maximum atomic E-state index is 12.4. The van der Waals surface area contributed by atoms with Crippen LogP contribution in [0.2, 0.25) is 5.02 Å². The smallest absolute Gasteiger partial charge is 0.223 e. The van der Waals surface area contributed by atoms with Crippen LogP contribution >= 0.6 is 11.6 Å². The maximum Gasteiger partial charge on any atom is 0.223 e. The van der Waals surface area contributed by atoms with Gasteiger partial charge >= 0.3 is 0 Å². The van der Waals surface area contributed by atoms with E-state index in [-0.39, 0.29) is 11.8 Å². The van der Waals surface area contributed by atoms with Crippen LogP contribution in [0, 0.1) is 12.8 Å². The van der Waals surface area contributed by atoms with Gasteiger partial charge in [0.05, 0.1) is 5.69 Å². The van der Waals surface area contributed by atoms with Crippen LogP contribution in [0.5, 0.6) is 0 Å². The van der Waals surface area contributed by atoms with Crippen LogP contribution in [0.15, 0.2) is 36.4 Å². The van der Waals surface area contributed by atoms with Gasteiger partial charge in [0, 0.05) is 53.5 Å². The average molecular weight is 410 g/mol. The summed E-state index contributed by atoms with van der Waals surface area (Å²) in [5.41, 5.74) is 3.68. The number of hydrogen-bond donors (Lipinski definition) is 1. The van der Waals surface area contributed by atoms with Gasteiger partial charge in [0.2, 0.25) is 5.91 Å². The number of nitrogens with one attached hydrogen (secondary N) is 1. The molecular weight excluding hydrogens is 386 g/mol. The van der Waals surface area contributed by atoms with E-state index >= 15 is 0 Å². The quantitative estimate of drug-likeness (QED) is 0.710. The van der Waals surface area contributed by atoms with Crippen molar-refractivity contribution < 1.29 is 4.79 Å². The van der Waals surface area contributed by atoms with E-state index < -0.39 is 0 Å². The first-order valence-corrected chi connectivity index (χ1v) is 10.6. The molecule has 7 heteroatoms. The highest BCUT2D eigenvalue weighted by atomic mass is 35.5. The lowest BCUT2D eigenvalue weighted by Gasteiger charge is -2.33. The number of hydrogen-bond acceptors (Lipinski definition) is 4. The van der Waals surface area contributed by atoms with Crippen molar-refractivity contribution in [2.75, 3.05) is 18.0 Å². The maximum absolute atomic E-state index is 12.4. The number of piperidine rings is 1. The molecule has 0 bridgehead atoms. The van der Waals surface area contributed by atoms with Crippen molar-refractivity contribution in [3.8, 4) is 11.3 Å². The van der Waals surface area contributed by atoms with Gasteiger partial charge in [-0.25, -0.2) is 4.98 Å². The lowest BCUT2D eigenvalue weighted by atomic mass is 9.96. The Morgan fingerprint density at radius 2 is 1.83 bits per heavy atom. The van der Waals surface area contributed by atoms with Crippen LogP contribution in [-0.4, -0.2) is 39.6 Å². The van der Waals surface area contributed by atoms with Crippen molar-refractivity contribution in [2.45, 2.75) is 38.6 Å². The van der Waals surface area contributed by atoms with Crippen LogP contribution < -0.4 is 10.2 Å². The molecule has 6 nitrogen and oxygen atoms in total. The van der Waals surface area contributed by atoms with Gasteiger partial charge in [-0.05, 0) is 44.7 Å². The van der Waals surface area contributed by atoms with Crippen molar-refractivity contribution >= 4 is 29.0 Å². The van der Waals surface area contributed by atoms with Crippen molar-refractivity contribution in [3.05, 3.63) is 47.1 Å². The topological polar surface area (TPSA) is 62.5 Å². The van der Waals surface area contributed by atoms with Gasteiger partial charge in [-0.1, -0.05) is 23.7 Å². The Morgan fingerprint density at radius 1 is 1.10 bits per heavy atom. The van der Waals surface area contributed by atoms with Gasteiger partial charge in [-0.3, -0.25) is 4.79 Å². The number of anilines is 1. The Balaban J connectivity index is 1.39. The Bertz CT molecular complexity index is 1050. The monoisotopic (exact) mass is 409 g/mol. The molecule has 1 amide bonds. The largest absolute Gasteiger partial charge is 0.356 e. The molecule has 1 N–H and O–H groups in total. The summed E-state index contributed by atoms with van der Waals surface area (Å²) in [6.45, 7) is 3.70. The molecule has 150 valence electrons. The van der Waals surface area contributed by atoms with Crippen molar-refractivity contribution in [1.82, 2.24) is 19.9 Å². The normalized spacial score (nSPS) is 17.7. The molecule has 3 aromatic rings. The first kappa shape index (κ1) is 18.4. The van der Waals surface area contributed by atoms with E-state index in [4.69, 9.17) is 16.7 Å². The summed E-state index contributed by atoms with van der Waals surface area (Å²) in [6, 6.07) is 12.2. The van der Waals surface area contributed by atoms with Crippen molar-refractivity contribution in [2.24, 2.45) is 5.92 Å². The molecule has 2 aliphatic rings. The number of carbonyl (C=O) groups excluding carboxylic acids is 1. The fourth-order valence-electron chi connectivity index (χ4n) is 3.98. The van der Waals surface area contributed by atoms with Crippen LogP contribution in [0.4, 0.5) is 5.82 Å². The SMILES string of the molecule is Cc1cc(N2CCC(C(=O)NC3CC3)CC2)n2nc(-c3ccc(Cl)cc3)cc2n1. The second-order valence-corrected chi connectivity index (χ2v) is 8.54. The van der Waals surface area contributed by atoms with Gasteiger partial charge in [-0.2, -0.15) is 9.61 Å². The third-order valence-corrected chi connectivity index (χ3v) is 6.04. The number of fused-ring (bicyclic) bond motifs is 1. The molecule has 2 fully saturated rings. The molecule has 0 atom stereocenters. The Hall–Kier alpha value is -2.60. The van der Waals surface area contributed by atoms with Crippen LogP contribution in [-0.2, 0) is 4.79 Å². The lowest BCUT2D eigenvalue weighted by Crippen LogP contribution is -2.41. The summed E-state index contributed by atoms with van der Waals surface area (Å²) in [5.74, 6) is 1.38. The fraction of sp³-hybridized carbons (Fsp3) is 0.409. The molecule has 1 saturated carbocycles. The third-order valence-electron chi connectivity index (χ3n) is 5.79. The summed E-state index contributed by atoms with van der Waals surface area (Å²) in [7, 11) is 0. The number of nitrogens with zero attached hydrogens (tertiary/aromatic N) is 4. The summed E-state index contributed by atoms with van der Waals surface area (Å²) in [4.78, 5) is 19.4. The Kier molecular flexibility index (Phi) is 4.66.